The number of amides is 3. The third-order valence-electron chi connectivity index (χ3n) is 4.10. The van der Waals surface area contributed by atoms with Crippen molar-refractivity contribution >= 4 is 29.7 Å². The highest BCUT2D eigenvalue weighted by atomic mass is 16.4. The van der Waals surface area contributed by atoms with Crippen LogP contribution in [0.5, 0.6) is 0 Å². The van der Waals surface area contributed by atoms with E-state index in [2.05, 4.69) is 25.9 Å². The third kappa shape index (κ3) is 8.79. The summed E-state index contributed by atoms with van der Waals surface area (Å²) >= 11 is 0. The van der Waals surface area contributed by atoms with Gasteiger partial charge in [0.25, 0.3) is 0 Å². The van der Waals surface area contributed by atoms with Gasteiger partial charge >= 0.3 is 11.9 Å². The standard InChI is InChI=1S/C17H26N6O8/c1-8(18)14(27)21-10(2-3-13(25)26)15(28)23-12(6-24)16(29)22-11(17(30)31)4-9-5-19-7-20-9/h5,7-8,10-12,24H,2-4,6,18H2,1H3,(H,19,20)(H,21,27)(H,22,29)(H,23,28)(H,25,26)(H,30,31). The predicted octanol–water partition coefficient (Wildman–Crippen LogP) is -3.30. The van der Waals surface area contributed by atoms with Gasteiger partial charge in [0, 0.05) is 24.7 Å². The Kier molecular flexibility index (Phi) is 10.1. The number of aromatic amines is 1. The van der Waals surface area contributed by atoms with Gasteiger partial charge in [-0.1, -0.05) is 0 Å². The number of nitrogens with two attached hydrogens (primary N) is 1. The van der Waals surface area contributed by atoms with E-state index in [1.807, 2.05) is 0 Å². The summed E-state index contributed by atoms with van der Waals surface area (Å²) < 4.78 is 0. The fraction of sp³-hybridized carbons (Fsp3) is 0.529. The number of carboxylic acids is 2. The van der Waals surface area contributed by atoms with Gasteiger partial charge in [0.05, 0.1) is 19.0 Å². The van der Waals surface area contributed by atoms with E-state index in [0.29, 0.717) is 5.69 Å². The quantitative estimate of drug-likeness (QED) is 0.151. The number of rotatable bonds is 13. The Balaban J connectivity index is 2.83. The molecule has 31 heavy (non-hydrogen) atoms. The maximum atomic E-state index is 12.5. The Labute approximate surface area is 176 Å². The molecule has 4 atom stereocenters. The van der Waals surface area contributed by atoms with E-state index in [1.54, 1.807) is 0 Å². The highest BCUT2D eigenvalue weighted by molar-refractivity contribution is 5.94. The summed E-state index contributed by atoms with van der Waals surface area (Å²) in [6, 6.07) is -5.23. The van der Waals surface area contributed by atoms with Crippen LogP contribution in [-0.2, 0) is 30.4 Å². The molecule has 14 nitrogen and oxygen atoms in total. The van der Waals surface area contributed by atoms with Crippen LogP contribution in [0.15, 0.2) is 12.5 Å². The number of aliphatic hydroxyl groups excluding tert-OH is 1. The number of H-pyrrole nitrogens is 1. The average Bonchev–Trinajstić information content (AvgIpc) is 3.20. The first-order valence-electron chi connectivity index (χ1n) is 9.24. The predicted molar refractivity (Wildman–Crippen MR) is 103 cm³/mol. The van der Waals surface area contributed by atoms with Crippen LogP contribution in [0.3, 0.4) is 0 Å². The summed E-state index contributed by atoms with van der Waals surface area (Å²) in [6.45, 7) is 0.484. The molecule has 1 aromatic heterocycles. The van der Waals surface area contributed by atoms with Crippen molar-refractivity contribution < 1.29 is 39.3 Å². The van der Waals surface area contributed by atoms with E-state index in [9.17, 15) is 34.2 Å². The van der Waals surface area contributed by atoms with Crippen molar-refractivity contribution in [2.45, 2.75) is 50.4 Å². The Hall–Kier alpha value is -3.52. The second-order valence-corrected chi connectivity index (χ2v) is 6.71. The Morgan fingerprint density at radius 1 is 1.03 bits per heavy atom. The van der Waals surface area contributed by atoms with E-state index in [-0.39, 0.29) is 12.8 Å². The minimum atomic E-state index is -1.55. The van der Waals surface area contributed by atoms with Crippen molar-refractivity contribution in [3.8, 4) is 0 Å². The molecule has 4 unspecified atom stereocenters. The highest BCUT2D eigenvalue weighted by Gasteiger charge is 2.30. The molecule has 1 aromatic rings. The second-order valence-electron chi connectivity index (χ2n) is 6.71. The molecule has 3 amide bonds. The summed E-state index contributed by atoms with van der Waals surface area (Å²) in [7, 11) is 0. The Morgan fingerprint density at radius 3 is 2.10 bits per heavy atom. The molecule has 0 saturated heterocycles. The van der Waals surface area contributed by atoms with Gasteiger partial charge in [-0.2, -0.15) is 0 Å². The molecule has 0 spiro atoms. The Bertz CT molecular complexity index is 782. The molecule has 0 aliphatic rings. The number of nitrogens with one attached hydrogen (secondary N) is 4. The molecule has 172 valence electrons. The monoisotopic (exact) mass is 442 g/mol. The summed E-state index contributed by atoms with van der Waals surface area (Å²) in [5, 5.41) is 34.3. The van der Waals surface area contributed by atoms with Crippen molar-refractivity contribution in [3.63, 3.8) is 0 Å². The first kappa shape index (κ1) is 25.5. The van der Waals surface area contributed by atoms with Crippen molar-refractivity contribution in [2.24, 2.45) is 5.73 Å². The molecular weight excluding hydrogens is 416 g/mol. The van der Waals surface area contributed by atoms with E-state index in [0.717, 1.165) is 0 Å². The molecule has 0 bridgehead atoms. The highest BCUT2D eigenvalue weighted by Crippen LogP contribution is 2.02. The van der Waals surface area contributed by atoms with Gasteiger partial charge in [-0.15, -0.1) is 0 Å². The molecule has 0 aliphatic heterocycles. The normalized spacial score (nSPS) is 14.5. The molecule has 0 aliphatic carbocycles. The molecule has 14 heteroatoms. The number of aromatic nitrogens is 2. The van der Waals surface area contributed by atoms with Crippen LogP contribution in [0, 0.1) is 0 Å². The van der Waals surface area contributed by atoms with Crippen molar-refractivity contribution in [1.82, 2.24) is 25.9 Å². The average molecular weight is 442 g/mol. The lowest BCUT2D eigenvalue weighted by molar-refractivity contribution is -0.142. The van der Waals surface area contributed by atoms with Gasteiger partial charge in [-0.25, -0.2) is 9.78 Å². The number of aliphatic hydroxyl groups is 1. The first-order chi connectivity index (χ1) is 14.5. The van der Waals surface area contributed by atoms with Gasteiger partial charge in [0.15, 0.2) is 0 Å². The maximum absolute atomic E-state index is 12.5. The van der Waals surface area contributed by atoms with Crippen LogP contribution in [0.25, 0.3) is 0 Å². The molecular formula is C17H26N6O8. The van der Waals surface area contributed by atoms with E-state index in [4.69, 9.17) is 10.8 Å². The van der Waals surface area contributed by atoms with Gasteiger partial charge in [-0.3, -0.25) is 19.2 Å². The van der Waals surface area contributed by atoms with Crippen molar-refractivity contribution in [2.75, 3.05) is 6.61 Å². The lowest BCUT2D eigenvalue weighted by Gasteiger charge is -2.23. The number of imidazole rings is 1. The maximum Gasteiger partial charge on any atom is 0.326 e. The number of carbonyl (C=O) groups excluding carboxylic acids is 3. The largest absolute Gasteiger partial charge is 0.481 e. The lowest BCUT2D eigenvalue weighted by Crippen LogP contribution is -2.58. The molecule has 0 saturated carbocycles. The molecule has 9 N–H and O–H groups in total. The van der Waals surface area contributed by atoms with E-state index in [1.165, 1.54) is 19.4 Å². The van der Waals surface area contributed by atoms with E-state index < -0.39 is 66.9 Å². The van der Waals surface area contributed by atoms with Crippen molar-refractivity contribution in [3.05, 3.63) is 18.2 Å². The zero-order valence-electron chi connectivity index (χ0n) is 16.7. The molecule has 0 aromatic carbocycles. The number of hydrogen-bond acceptors (Lipinski definition) is 8. The van der Waals surface area contributed by atoms with Crippen LogP contribution < -0.4 is 21.7 Å². The number of carbonyl (C=O) groups is 5. The molecule has 1 heterocycles. The summed E-state index contributed by atoms with van der Waals surface area (Å²) in [4.78, 5) is 65.4. The zero-order chi connectivity index (χ0) is 23.6. The van der Waals surface area contributed by atoms with Crippen LogP contribution >= 0.6 is 0 Å². The van der Waals surface area contributed by atoms with Crippen LogP contribution in [0.2, 0.25) is 0 Å². The molecule has 1 rings (SSSR count). The van der Waals surface area contributed by atoms with Gasteiger partial charge < -0.3 is 42.0 Å². The summed E-state index contributed by atoms with van der Waals surface area (Å²) in [6.07, 6.45) is 1.83. The van der Waals surface area contributed by atoms with Crippen LogP contribution in [-0.4, -0.2) is 85.7 Å². The topological polar surface area (TPSA) is 237 Å². The second kappa shape index (κ2) is 12.2. The minimum Gasteiger partial charge on any atom is -0.481 e. The van der Waals surface area contributed by atoms with Crippen molar-refractivity contribution in [1.29, 1.82) is 0 Å². The van der Waals surface area contributed by atoms with E-state index >= 15 is 0 Å². The summed E-state index contributed by atoms with van der Waals surface area (Å²) in [5.74, 6) is -5.22. The van der Waals surface area contributed by atoms with Gasteiger partial charge in [-0.05, 0) is 13.3 Å². The number of carboxylic acid groups (broad SMARTS) is 2. The number of aliphatic carboxylic acids is 2. The fourth-order valence-corrected chi connectivity index (χ4v) is 2.39. The smallest absolute Gasteiger partial charge is 0.326 e. The van der Waals surface area contributed by atoms with Crippen LogP contribution in [0.4, 0.5) is 0 Å². The number of nitrogens with zero attached hydrogens (tertiary/aromatic N) is 1. The fourth-order valence-electron chi connectivity index (χ4n) is 2.39. The minimum absolute atomic E-state index is 0.126. The van der Waals surface area contributed by atoms with Gasteiger partial charge in [0.1, 0.15) is 18.1 Å². The SMILES string of the molecule is CC(N)C(=O)NC(CCC(=O)O)C(=O)NC(CO)C(=O)NC(Cc1cnc[nH]1)C(=O)O. The third-order valence-corrected chi connectivity index (χ3v) is 4.10. The molecule has 0 radical (unpaired) electrons. The first-order valence-corrected chi connectivity index (χ1v) is 9.24. The van der Waals surface area contributed by atoms with Gasteiger partial charge in [0.2, 0.25) is 17.7 Å². The lowest BCUT2D eigenvalue weighted by atomic mass is 10.1. The number of hydrogen-bond donors (Lipinski definition) is 8. The zero-order valence-corrected chi connectivity index (χ0v) is 16.7. The Morgan fingerprint density at radius 2 is 1.61 bits per heavy atom. The summed E-state index contributed by atoms with van der Waals surface area (Å²) in [5.41, 5.74) is 5.86. The molecule has 0 fully saturated rings. The van der Waals surface area contributed by atoms with Crippen LogP contribution in [0.1, 0.15) is 25.5 Å².